The molecule has 0 aromatic carbocycles. The smallest absolute Gasteiger partial charge is 0.322 e. The minimum absolute atomic E-state index is 0.288. The highest BCUT2D eigenvalue weighted by molar-refractivity contribution is 6.31. The lowest BCUT2D eigenvalue weighted by Crippen LogP contribution is -2.34. The zero-order chi connectivity index (χ0) is 13.7. The summed E-state index contributed by atoms with van der Waals surface area (Å²) in [4.78, 5) is 11.3. The number of ether oxygens (including phenoxy) is 1. The van der Waals surface area contributed by atoms with Gasteiger partial charge in [-0.2, -0.15) is 5.10 Å². The van der Waals surface area contributed by atoms with E-state index >= 15 is 0 Å². The highest BCUT2D eigenvalue weighted by Gasteiger charge is 2.17. The van der Waals surface area contributed by atoms with Crippen molar-refractivity contribution >= 4 is 17.6 Å². The van der Waals surface area contributed by atoms with E-state index < -0.39 is 0 Å². The number of hydrogen-bond donors (Lipinski definition) is 1. The van der Waals surface area contributed by atoms with Gasteiger partial charge in [0, 0.05) is 13.1 Å². The van der Waals surface area contributed by atoms with Crippen molar-refractivity contribution in [3.8, 4) is 0 Å². The topological polar surface area (TPSA) is 56.2 Å². The van der Waals surface area contributed by atoms with Crippen LogP contribution in [0.5, 0.6) is 0 Å². The molecule has 0 amide bonds. The van der Waals surface area contributed by atoms with Crippen LogP contribution >= 0.6 is 11.6 Å². The Balaban J connectivity index is 2.78. The number of hydrogen-bond acceptors (Lipinski definition) is 4. The lowest BCUT2D eigenvalue weighted by atomic mass is 10.2. The fraction of sp³-hybridized carbons (Fsp3) is 0.667. The van der Waals surface area contributed by atoms with Gasteiger partial charge in [0.1, 0.15) is 6.04 Å². The second-order valence-electron chi connectivity index (χ2n) is 4.00. The highest BCUT2D eigenvalue weighted by atomic mass is 35.5. The summed E-state index contributed by atoms with van der Waals surface area (Å²) >= 11 is 6.27. The van der Waals surface area contributed by atoms with Crippen LogP contribution in [-0.2, 0) is 29.0 Å². The van der Waals surface area contributed by atoms with E-state index in [9.17, 15) is 4.79 Å². The average Bonchev–Trinajstić information content (AvgIpc) is 2.70. The number of rotatable bonds is 6. The summed E-state index contributed by atoms with van der Waals surface area (Å²) in [7, 11) is 1.37. The Morgan fingerprint density at radius 3 is 2.72 bits per heavy atom. The summed E-state index contributed by atoms with van der Waals surface area (Å²) in [6.07, 6.45) is 0.797. The zero-order valence-electron chi connectivity index (χ0n) is 11.3. The minimum atomic E-state index is -0.364. The van der Waals surface area contributed by atoms with Crippen molar-refractivity contribution in [3.63, 3.8) is 0 Å². The van der Waals surface area contributed by atoms with E-state index in [2.05, 4.69) is 15.2 Å². The van der Waals surface area contributed by atoms with Crippen LogP contribution in [0, 0.1) is 0 Å². The van der Waals surface area contributed by atoms with Gasteiger partial charge in [0.05, 0.1) is 23.5 Å². The number of esters is 1. The molecule has 0 spiro atoms. The van der Waals surface area contributed by atoms with Gasteiger partial charge in [-0.3, -0.25) is 14.8 Å². The van der Waals surface area contributed by atoms with Crippen LogP contribution in [-0.4, -0.2) is 28.9 Å². The molecule has 0 radical (unpaired) electrons. The summed E-state index contributed by atoms with van der Waals surface area (Å²) in [5.74, 6) is -0.288. The Morgan fingerprint density at radius 2 is 2.22 bits per heavy atom. The van der Waals surface area contributed by atoms with Crippen molar-refractivity contribution in [2.45, 2.75) is 46.3 Å². The van der Waals surface area contributed by atoms with E-state index in [4.69, 9.17) is 11.6 Å². The van der Waals surface area contributed by atoms with Gasteiger partial charge in [-0.15, -0.1) is 0 Å². The van der Waals surface area contributed by atoms with Crippen molar-refractivity contribution < 1.29 is 9.53 Å². The molecule has 0 fully saturated rings. The monoisotopic (exact) mass is 273 g/mol. The normalized spacial score (nSPS) is 12.5. The molecule has 1 atom stereocenters. The lowest BCUT2D eigenvalue weighted by Gasteiger charge is -2.12. The third kappa shape index (κ3) is 3.23. The van der Waals surface area contributed by atoms with Gasteiger partial charge in [-0.05, 0) is 20.3 Å². The number of aromatic nitrogens is 2. The molecule has 5 nitrogen and oxygen atoms in total. The molecule has 0 aliphatic rings. The number of carbonyl (C=O) groups is 1. The van der Waals surface area contributed by atoms with Crippen LogP contribution in [0.4, 0.5) is 0 Å². The number of aryl methyl sites for hydroxylation is 2. The molecule has 18 heavy (non-hydrogen) atoms. The van der Waals surface area contributed by atoms with E-state index in [0.717, 1.165) is 24.4 Å². The zero-order valence-corrected chi connectivity index (χ0v) is 12.0. The molecular weight excluding hydrogens is 254 g/mol. The fourth-order valence-electron chi connectivity index (χ4n) is 1.70. The van der Waals surface area contributed by atoms with Gasteiger partial charge in [0.2, 0.25) is 0 Å². The molecule has 6 heteroatoms. The Morgan fingerprint density at radius 1 is 1.56 bits per heavy atom. The van der Waals surface area contributed by atoms with E-state index in [-0.39, 0.29) is 12.0 Å². The molecule has 0 bridgehead atoms. The van der Waals surface area contributed by atoms with Gasteiger partial charge >= 0.3 is 5.97 Å². The van der Waals surface area contributed by atoms with E-state index in [1.807, 2.05) is 18.5 Å². The first-order valence-corrected chi connectivity index (χ1v) is 6.48. The second kappa shape index (κ2) is 6.75. The van der Waals surface area contributed by atoms with Crippen molar-refractivity contribution in [1.29, 1.82) is 0 Å². The summed E-state index contributed by atoms with van der Waals surface area (Å²) in [6, 6.07) is -0.364. The van der Waals surface area contributed by atoms with Crippen LogP contribution < -0.4 is 5.32 Å². The van der Waals surface area contributed by atoms with Crippen LogP contribution in [0.1, 0.15) is 32.2 Å². The largest absolute Gasteiger partial charge is 0.468 e. The molecule has 1 unspecified atom stereocenters. The maximum Gasteiger partial charge on any atom is 0.322 e. The Bertz CT molecular complexity index is 418. The Hall–Kier alpha value is -1.07. The molecule has 0 saturated carbocycles. The van der Waals surface area contributed by atoms with Crippen molar-refractivity contribution in [2.75, 3.05) is 7.11 Å². The average molecular weight is 274 g/mol. The molecule has 102 valence electrons. The summed E-state index contributed by atoms with van der Waals surface area (Å²) in [5, 5.41) is 8.19. The fourth-order valence-corrected chi connectivity index (χ4v) is 2.03. The van der Waals surface area contributed by atoms with Crippen molar-refractivity contribution in [3.05, 3.63) is 16.4 Å². The number of methoxy groups -OCH3 is 1. The van der Waals surface area contributed by atoms with Crippen molar-refractivity contribution in [2.24, 2.45) is 0 Å². The van der Waals surface area contributed by atoms with E-state index in [0.29, 0.717) is 11.6 Å². The molecule has 0 aliphatic carbocycles. The molecule has 1 aromatic rings. The highest BCUT2D eigenvalue weighted by Crippen LogP contribution is 2.21. The standard InChI is InChI=1S/C12H20ClN3O2/c1-5-9-11(13)10(16(6-2)15-9)7-14-8(3)12(17)18-4/h8,14H,5-7H2,1-4H3. The van der Waals surface area contributed by atoms with Gasteiger partial charge in [0.15, 0.2) is 0 Å². The summed E-state index contributed by atoms with van der Waals surface area (Å²) in [6.45, 7) is 7.03. The maximum absolute atomic E-state index is 11.3. The van der Waals surface area contributed by atoms with Crippen LogP contribution in [0.15, 0.2) is 0 Å². The SMILES string of the molecule is CCc1nn(CC)c(CNC(C)C(=O)OC)c1Cl. The predicted octanol–water partition coefficient (Wildman–Crippen LogP) is 1.77. The van der Waals surface area contributed by atoms with Gasteiger partial charge < -0.3 is 4.74 Å². The first-order valence-electron chi connectivity index (χ1n) is 6.10. The second-order valence-corrected chi connectivity index (χ2v) is 4.38. The summed E-state index contributed by atoms with van der Waals surface area (Å²) in [5.41, 5.74) is 1.80. The van der Waals surface area contributed by atoms with Crippen LogP contribution in [0.2, 0.25) is 5.02 Å². The Labute approximate surface area is 112 Å². The maximum atomic E-state index is 11.3. The lowest BCUT2D eigenvalue weighted by molar-refractivity contribution is -0.142. The van der Waals surface area contributed by atoms with Gasteiger partial charge in [-0.25, -0.2) is 0 Å². The minimum Gasteiger partial charge on any atom is -0.468 e. The van der Waals surface area contributed by atoms with Crippen LogP contribution in [0.3, 0.4) is 0 Å². The Kier molecular flexibility index (Phi) is 5.62. The van der Waals surface area contributed by atoms with Crippen molar-refractivity contribution in [1.82, 2.24) is 15.1 Å². The quantitative estimate of drug-likeness (QED) is 0.803. The van der Waals surface area contributed by atoms with Crippen LogP contribution in [0.25, 0.3) is 0 Å². The third-order valence-electron chi connectivity index (χ3n) is 2.82. The number of carbonyl (C=O) groups excluding carboxylic acids is 1. The number of halogens is 1. The molecule has 1 heterocycles. The number of nitrogens with one attached hydrogen (secondary N) is 1. The molecule has 0 saturated heterocycles. The predicted molar refractivity (Wildman–Crippen MR) is 70.6 cm³/mol. The molecule has 1 aromatic heterocycles. The van der Waals surface area contributed by atoms with Gasteiger partial charge in [0.25, 0.3) is 0 Å². The van der Waals surface area contributed by atoms with E-state index in [1.54, 1.807) is 6.92 Å². The first-order chi connectivity index (χ1) is 8.54. The first kappa shape index (κ1) is 15.0. The van der Waals surface area contributed by atoms with E-state index in [1.165, 1.54) is 7.11 Å². The molecule has 1 N–H and O–H groups in total. The summed E-state index contributed by atoms with van der Waals surface area (Å²) < 4.78 is 6.52. The number of nitrogens with zero attached hydrogens (tertiary/aromatic N) is 2. The van der Waals surface area contributed by atoms with Gasteiger partial charge in [-0.1, -0.05) is 18.5 Å². The molecular formula is C12H20ClN3O2. The molecule has 0 aliphatic heterocycles. The third-order valence-corrected chi connectivity index (χ3v) is 3.26. The molecule has 1 rings (SSSR count).